The third-order valence-corrected chi connectivity index (χ3v) is 5.34. The number of hydrogen-bond acceptors (Lipinski definition) is 4. The van der Waals surface area contributed by atoms with Crippen molar-refractivity contribution < 1.29 is 21.9 Å². The van der Waals surface area contributed by atoms with Crippen LogP contribution in [-0.4, -0.2) is 39.8 Å². The van der Waals surface area contributed by atoms with Gasteiger partial charge in [0.15, 0.2) is 9.84 Å². The van der Waals surface area contributed by atoms with Crippen molar-refractivity contribution in [2.45, 2.75) is 24.3 Å². The lowest BCUT2D eigenvalue weighted by molar-refractivity contribution is 0.222. The lowest BCUT2D eigenvalue weighted by Gasteiger charge is -2.25. The van der Waals surface area contributed by atoms with Crippen molar-refractivity contribution >= 4 is 9.84 Å². The summed E-state index contributed by atoms with van der Waals surface area (Å²) in [5.41, 5.74) is 0.440. The van der Waals surface area contributed by atoms with Crippen LogP contribution in [0.15, 0.2) is 47.4 Å². The zero-order valence-corrected chi connectivity index (χ0v) is 15.9. The maximum atomic E-state index is 13.9. The van der Waals surface area contributed by atoms with Gasteiger partial charge < -0.3 is 4.74 Å². The van der Waals surface area contributed by atoms with E-state index in [1.807, 2.05) is 18.9 Å². The SMILES string of the molecule is CC(c1ccc(F)cc1F)N(C)CCCOc1cccc(S(C)(=O)=O)c1. The average Bonchev–Trinajstić information content (AvgIpc) is 2.57. The Morgan fingerprint density at radius 3 is 2.54 bits per heavy atom. The molecule has 0 saturated heterocycles. The fraction of sp³-hybridized carbons (Fsp3) is 0.368. The normalized spacial score (nSPS) is 13.0. The number of nitrogens with zero attached hydrogens (tertiary/aromatic N) is 1. The number of sulfone groups is 1. The predicted molar refractivity (Wildman–Crippen MR) is 97.1 cm³/mol. The Balaban J connectivity index is 1.86. The molecule has 0 N–H and O–H groups in total. The smallest absolute Gasteiger partial charge is 0.175 e. The Bertz CT molecular complexity index is 856. The maximum Gasteiger partial charge on any atom is 0.175 e. The van der Waals surface area contributed by atoms with E-state index >= 15 is 0 Å². The molecule has 2 aromatic carbocycles. The Morgan fingerprint density at radius 2 is 1.88 bits per heavy atom. The first-order chi connectivity index (χ1) is 12.2. The van der Waals surface area contributed by atoms with Crippen LogP contribution in [0.2, 0.25) is 0 Å². The number of halogens is 2. The minimum absolute atomic E-state index is 0.204. The highest BCUT2D eigenvalue weighted by molar-refractivity contribution is 7.90. The van der Waals surface area contributed by atoms with Gasteiger partial charge in [-0.15, -0.1) is 0 Å². The molecular weight excluding hydrogens is 360 g/mol. The Hall–Kier alpha value is -1.99. The van der Waals surface area contributed by atoms with E-state index < -0.39 is 21.5 Å². The fourth-order valence-corrected chi connectivity index (χ4v) is 3.23. The molecule has 1 atom stereocenters. The molecule has 2 rings (SSSR count). The molecule has 0 spiro atoms. The van der Waals surface area contributed by atoms with Gasteiger partial charge in [0.05, 0.1) is 11.5 Å². The average molecular weight is 383 g/mol. The van der Waals surface area contributed by atoms with Gasteiger partial charge in [0.2, 0.25) is 0 Å². The van der Waals surface area contributed by atoms with Crippen molar-refractivity contribution in [2.24, 2.45) is 0 Å². The van der Waals surface area contributed by atoms with Gasteiger partial charge >= 0.3 is 0 Å². The zero-order valence-electron chi connectivity index (χ0n) is 15.1. The van der Waals surface area contributed by atoms with Crippen LogP contribution < -0.4 is 4.74 Å². The van der Waals surface area contributed by atoms with Crippen LogP contribution >= 0.6 is 0 Å². The molecule has 0 aliphatic carbocycles. The number of rotatable bonds is 8. The second kappa shape index (κ2) is 8.60. The van der Waals surface area contributed by atoms with Crippen LogP contribution in [0.4, 0.5) is 8.78 Å². The van der Waals surface area contributed by atoms with Gasteiger partial charge in [0.25, 0.3) is 0 Å². The molecule has 0 aliphatic rings. The first-order valence-electron chi connectivity index (χ1n) is 8.26. The molecule has 0 radical (unpaired) electrons. The largest absolute Gasteiger partial charge is 0.494 e. The Kier molecular flexibility index (Phi) is 6.72. The van der Waals surface area contributed by atoms with Gasteiger partial charge in [-0.05, 0) is 44.7 Å². The summed E-state index contributed by atoms with van der Waals surface area (Å²) in [6.45, 7) is 2.90. The maximum absolute atomic E-state index is 13.9. The molecular formula is C19H23F2NO3S. The van der Waals surface area contributed by atoms with Crippen LogP contribution in [0.25, 0.3) is 0 Å². The molecule has 26 heavy (non-hydrogen) atoms. The van der Waals surface area contributed by atoms with Crippen LogP contribution in [-0.2, 0) is 9.84 Å². The Morgan fingerprint density at radius 1 is 1.15 bits per heavy atom. The monoisotopic (exact) mass is 383 g/mol. The molecule has 0 amide bonds. The first-order valence-corrected chi connectivity index (χ1v) is 10.2. The summed E-state index contributed by atoms with van der Waals surface area (Å²) < 4.78 is 55.6. The van der Waals surface area contributed by atoms with E-state index in [0.29, 0.717) is 30.9 Å². The number of ether oxygens (including phenoxy) is 1. The molecule has 0 bridgehead atoms. The van der Waals surface area contributed by atoms with Gasteiger partial charge in [0.1, 0.15) is 17.4 Å². The summed E-state index contributed by atoms with van der Waals surface area (Å²) in [5.74, 6) is -0.655. The van der Waals surface area contributed by atoms with Gasteiger partial charge in [0, 0.05) is 30.5 Å². The van der Waals surface area contributed by atoms with Crippen LogP contribution in [0.3, 0.4) is 0 Å². The molecule has 0 saturated carbocycles. The molecule has 0 aromatic heterocycles. The summed E-state index contributed by atoms with van der Waals surface area (Å²) in [4.78, 5) is 2.17. The molecule has 142 valence electrons. The summed E-state index contributed by atoms with van der Waals surface area (Å²) in [5, 5.41) is 0. The van der Waals surface area contributed by atoms with Crippen molar-refractivity contribution in [2.75, 3.05) is 26.5 Å². The van der Waals surface area contributed by atoms with E-state index in [2.05, 4.69) is 0 Å². The predicted octanol–water partition coefficient (Wildman–Crippen LogP) is 3.83. The van der Waals surface area contributed by atoms with E-state index in [1.165, 1.54) is 24.3 Å². The van der Waals surface area contributed by atoms with Crippen LogP contribution in [0.1, 0.15) is 24.9 Å². The van der Waals surface area contributed by atoms with Crippen molar-refractivity contribution in [3.05, 3.63) is 59.7 Å². The molecule has 0 aliphatic heterocycles. The molecule has 4 nitrogen and oxygen atoms in total. The summed E-state index contributed by atoms with van der Waals surface area (Å²) in [6.07, 6.45) is 1.82. The number of benzene rings is 2. The highest BCUT2D eigenvalue weighted by Crippen LogP contribution is 2.23. The molecule has 0 fully saturated rings. The molecule has 2 aromatic rings. The third kappa shape index (κ3) is 5.51. The molecule has 0 heterocycles. The second-order valence-electron chi connectivity index (χ2n) is 6.27. The van der Waals surface area contributed by atoms with Crippen LogP contribution in [0, 0.1) is 11.6 Å². The summed E-state index contributed by atoms with van der Waals surface area (Å²) in [7, 11) is -1.41. The van der Waals surface area contributed by atoms with E-state index in [9.17, 15) is 17.2 Å². The van der Waals surface area contributed by atoms with Gasteiger partial charge in [-0.3, -0.25) is 4.90 Å². The van der Waals surface area contributed by atoms with Crippen molar-refractivity contribution in [1.29, 1.82) is 0 Å². The molecule has 1 unspecified atom stereocenters. The van der Waals surface area contributed by atoms with Gasteiger partial charge in [-0.2, -0.15) is 0 Å². The minimum atomic E-state index is -3.27. The van der Waals surface area contributed by atoms with E-state index in [4.69, 9.17) is 4.74 Å². The zero-order chi connectivity index (χ0) is 19.3. The quantitative estimate of drug-likeness (QED) is 0.650. The summed E-state index contributed by atoms with van der Waals surface area (Å²) in [6, 6.07) is 9.75. The lowest BCUT2D eigenvalue weighted by atomic mass is 10.1. The highest BCUT2D eigenvalue weighted by Gasteiger charge is 2.16. The minimum Gasteiger partial charge on any atom is -0.494 e. The Labute approximate surface area is 153 Å². The lowest BCUT2D eigenvalue weighted by Crippen LogP contribution is -2.25. The van der Waals surface area contributed by atoms with Crippen LogP contribution in [0.5, 0.6) is 5.75 Å². The van der Waals surface area contributed by atoms with Crippen molar-refractivity contribution in [1.82, 2.24) is 4.90 Å². The second-order valence-corrected chi connectivity index (χ2v) is 8.29. The first kappa shape index (κ1) is 20.3. The van der Waals surface area contributed by atoms with E-state index in [1.54, 1.807) is 12.1 Å². The standard InChI is InChI=1S/C19H23F2NO3S/c1-14(18-9-8-15(20)12-19(18)21)22(2)10-5-11-25-16-6-4-7-17(13-16)26(3,23)24/h4,6-9,12-14H,5,10-11H2,1-3H3. The number of hydrogen-bond donors (Lipinski definition) is 0. The third-order valence-electron chi connectivity index (χ3n) is 4.23. The summed E-state index contributed by atoms with van der Waals surface area (Å²) >= 11 is 0. The highest BCUT2D eigenvalue weighted by atomic mass is 32.2. The molecule has 7 heteroatoms. The van der Waals surface area contributed by atoms with Gasteiger partial charge in [-0.25, -0.2) is 17.2 Å². The van der Waals surface area contributed by atoms with E-state index in [0.717, 1.165) is 12.3 Å². The fourth-order valence-electron chi connectivity index (χ4n) is 2.57. The van der Waals surface area contributed by atoms with Crippen molar-refractivity contribution in [3.63, 3.8) is 0 Å². The van der Waals surface area contributed by atoms with Gasteiger partial charge in [-0.1, -0.05) is 12.1 Å². The van der Waals surface area contributed by atoms with Crippen molar-refractivity contribution in [3.8, 4) is 5.75 Å². The topological polar surface area (TPSA) is 46.6 Å². The van der Waals surface area contributed by atoms with E-state index in [-0.39, 0.29) is 10.9 Å².